The number of allylic oxidation sites excluding steroid dienone is 2. The fourth-order valence-electron chi connectivity index (χ4n) is 13.3. The number of rotatable bonds is 21. The summed E-state index contributed by atoms with van der Waals surface area (Å²) in [6, 6.07) is 36.7. The monoisotopic (exact) mass is 1470 g/mol. The van der Waals surface area contributed by atoms with E-state index in [-0.39, 0.29) is 82.8 Å². The van der Waals surface area contributed by atoms with E-state index in [0.717, 1.165) is 80.3 Å². The van der Waals surface area contributed by atoms with E-state index in [4.69, 9.17) is 54.9 Å². The van der Waals surface area contributed by atoms with E-state index in [9.17, 15) is 41.9 Å². The van der Waals surface area contributed by atoms with Gasteiger partial charge in [0.15, 0.2) is 0 Å². The van der Waals surface area contributed by atoms with Gasteiger partial charge in [0.05, 0.1) is 22.1 Å². The molecule has 0 spiro atoms. The summed E-state index contributed by atoms with van der Waals surface area (Å²) in [5.41, 5.74) is 8.37. The second-order valence-electron chi connectivity index (χ2n) is 31.7. The zero-order valence-corrected chi connectivity index (χ0v) is 64.4. The highest BCUT2D eigenvalue weighted by molar-refractivity contribution is 6.32. The van der Waals surface area contributed by atoms with E-state index in [0.29, 0.717) is 47.1 Å². The van der Waals surface area contributed by atoms with E-state index in [1.165, 1.54) is 55.1 Å². The molecule has 0 saturated carbocycles. The van der Waals surface area contributed by atoms with E-state index in [1.807, 2.05) is 51.4 Å². The van der Waals surface area contributed by atoms with Gasteiger partial charge in [0, 0.05) is 100.0 Å². The zero-order valence-electron chi connectivity index (χ0n) is 62.1. The highest BCUT2D eigenvalue weighted by atomic mass is 35.5. The smallest absolute Gasteiger partial charge is 0.393 e. The van der Waals surface area contributed by atoms with Crippen molar-refractivity contribution in [3.8, 4) is 0 Å². The molecular weight excluding hydrogens is 1370 g/mol. The molecule has 0 saturated heterocycles. The Morgan fingerprint density at radius 1 is 0.456 bits per heavy atom. The van der Waals surface area contributed by atoms with Crippen LogP contribution in [0.5, 0.6) is 0 Å². The van der Waals surface area contributed by atoms with Crippen LogP contribution in [-0.2, 0) is 54.6 Å². The number of benzene rings is 6. The lowest BCUT2D eigenvalue weighted by atomic mass is 9.68. The number of carbonyl (C=O) groups excluding carboxylic acids is 3. The molecular formula is C84H99Cl3F3N3O10. The van der Waals surface area contributed by atoms with Crippen LogP contribution in [0.25, 0.3) is 0 Å². The first-order valence-electron chi connectivity index (χ1n) is 34.9. The molecule has 3 N–H and O–H groups in total. The lowest BCUT2D eigenvalue weighted by Gasteiger charge is -2.41. The third-order valence-corrected chi connectivity index (χ3v) is 21.3. The number of ether oxygens (including phenoxy) is 1. The van der Waals surface area contributed by atoms with Gasteiger partial charge in [-0.3, -0.25) is 29.1 Å². The van der Waals surface area contributed by atoms with Gasteiger partial charge in [-0.25, -0.2) is 14.4 Å². The van der Waals surface area contributed by atoms with E-state index in [2.05, 4.69) is 93.5 Å². The third kappa shape index (κ3) is 20.1. The third-order valence-electron chi connectivity index (χ3n) is 20.3. The number of aromatic carboxylic acids is 3. The Bertz CT molecular complexity index is 4200. The number of carbonyl (C=O) groups is 6. The fraction of sp³-hybridized carbons (Fsp3) is 0.429. The molecule has 19 heteroatoms. The summed E-state index contributed by atoms with van der Waals surface area (Å²) in [7, 11) is 1.66. The Morgan fingerprint density at radius 3 is 1.02 bits per heavy atom. The largest absolute Gasteiger partial charge is 0.478 e. The van der Waals surface area contributed by atoms with Crippen molar-refractivity contribution >= 4 is 87.5 Å². The Morgan fingerprint density at radius 2 is 0.748 bits per heavy atom. The minimum absolute atomic E-state index is 0.0297. The van der Waals surface area contributed by atoms with Gasteiger partial charge in [-0.1, -0.05) is 175 Å². The van der Waals surface area contributed by atoms with Crippen LogP contribution in [-0.4, -0.2) is 70.8 Å². The molecule has 552 valence electrons. The second-order valence-corrected chi connectivity index (χ2v) is 32.9. The predicted molar refractivity (Wildman–Crippen MR) is 407 cm³/mol. The van der Waals surface area contributed by atoms with Crippen molar-refractivity contribution in [3.63, 3.8) is 0 Å². The van der Waals surface area contributed by atoms with E-state index < -0.39 is 45.7 Å². The summed E-state index contributed by atoms with van der Waals surface area (Å²) in [5, 5.41) is 29.3. The average Bonchev–Trinajstić information content (AvgIpc) is 0.767. The van der Waals surface area contributed by atoms with Crippen molar-refractivity contribution in [2.45, 2.75) is 190 Å². The maximum atomic E-state index is 13.3. The Labute approximate surface area is 620 Å². The number of nitrogens with zero attached hydrogens (tertiary/aromatic N) is 3. The molecule has 6 aromatic rings. The Kier molecular flexibility index (Phi) is 26.3. The first kappa shape index (κ1) is 82.3. The first-order chi connectivity index (χ1) is 47.8. The molecule has 13 nitrogen and oxygen atoms in total. The Balaban J connectivity index is 0.000000216. The lowest BCUT2D eigenvalue weighted by Crippen LogP contribution is -2.42. The molecule has 3 aliphatic rings. The molecule has 0 aromatic heterocycles. The van der Waals surface area contributed by atoms with Crippen molar-refractivity contribution in [3.05, 3.63) is 228 Å². The first-order valence-corrected chi connectivity index (χ1v) is 36.0. The van der Waals surface area contributed by atoms with Crippen LogP contribution in [0.3, 0.4) is 0 Å². The molecule has 0 fully saturated rings. The van der Waals surface area contributed by atoms with Gasteiger partial charge in [0.1, 0.15) is 0 Å². The number of alkyl halides is 3. The van der Waals surface area contributed by atoms with E-state index >= 15 is 0 Å². The molecule has 3 aliphatic heterocycles. The van der Waals surface area contributed by atoms with Crippen molar-refractivity contribution in [1.29, 1.82) is 0 Å². The van der Waals surface area contributed by atoms with Crippen LogP contribution in [0.4, 0.5) is 30.2 Å². The van der Waals surface area contributed by atoms with E-state index in [1.54, 1.807) is 71.6 Å². The summed E-state index contributed by atoms with van der Waals surface area (Å²) in [6.45, 7) is 30.7. The van der Waals surface area contributed by atoms with Crippen molar-refractivity contribution in [2.75, 3.05) is 28.4 Å². The number of carboxylic acids is 3. The SMILES string of the molecule is CC(C)C1=CN(c2ccc(C(=O)O)cc2)C(=O)C[C@@]1(C)c1ccc(CCC(C)(C)C(F)(F)F)c(Cl)c1.CC(C)C1=CN(c2ccc(C(=O)O)cc2)C(=O)C[C@@]1(C)c1ccc(CCC(C)(C)C)c(Cl)c1.COCCC1=CN(c2ccc(C(=O)O)cc2)C(=O)C[C@@]1(C)c1ccc(CCC(C)(C)C)c(Cl)c1. The average molecular weight is 1470 g/mol. The molecule has 3 heterocycles. The number of amides is 3. The van der Waals surface area contributed by atoms with Crippen LogP contribution < -0.4 is 14.7 Å². The molecule has 0 unspecified atom stereocenters. The van der Waals surface area contributed by atoms with Crippen molar-refractivity contribution < 1.29 is 62.0 Å². The number of anilines is 3. The summed E-state index contributed by atoms with van der Waals surface area (Å²) in [6.07, 6.45) is 6.74. The maximum absolute atomic E-state index is 13.3. The molecule has 0 aliphatic carbocycles. The molecule has 103 heavy (non-hydrogen) atoms. The number of halogens is 6. The summed E-state index contributed by atoms with van der Waals surface area (Å²) in [4.78, 5) is 78.1. The number of carboxylic acid groups (broad SMARTS) is 3. The summed E-state index contributed by atoms with van der Waals surface area (Å²) in [5.74, 6) is -2.98. The van der Waals surface area contributed by atoms with Gasteiger partial charge >= 0.3 is 24.1 Å². The highest BCUT2D eigenvalue weighted by Gasteiger charge is 2.47. The molecule has 9 rings (SSSR count). The molecule has 3 amide bonds. The van der Waals surface area contributed by atoms with Crippen molar-refractivity contribution in [2.24, 2.45) is 28.1 Å². The standard InChI is InChI=1S/C28H31ClF3NO3.C28H34ClNO4.C28H34ClNO3/c1-17(2)22-16-33(21-10-7-19(8-11-21)25(35)36)24(34)15-27(22,5)20-9-6-18(23(29)14-20)12-13-26(3,4)28(30,31)32;1-27(2,3)14-12-19-6-9-21(16-24(19)29)28(4)17-25(31)30(18-22(28)13-15-34-5)23-10-7-20(8-11-23)26(32)33;1-18(2)23-17-30(22-11-8-20(9-12-22)26(32)33)25(31)16-28(23,6)21-10-7-19(24(29)15-21)13-14-27(3,4)5/h6-11,14,16-17H,12-13,15H2,1-5H3,(H,35,36);6-11,16,18H,12-15,17H2,1-5H3,(H,32,33);7-12,15,17-18H,13-14,16H2,1-6H3,(H,32,33)/t27-;2*28-/m000/s1. The predicted octanol–water partition coefficient (Wildman–Crippen LogP) is 21.7. The number of aryl methyl sites for hydroxylation is 3. The van der Waals surface area contributed by atoms with Crippen LogP contribution in [0.2, 0.25) is 15.1 Å². The van der Waals surface area contributed by atoms with Gasteiger partial charge in [-0.05, 0) is 209 Å². The van der Waals surface area contributed by atoms with Crippen molar-refractivity contribution in [1.82, 2.24) is 0 Å². The van der Waals surface area contributed by atoms with Gasteiger partial charge in [0.2, 0.25) is 17.7 Å². The quantitative estimate of drug-likeness (QED) is 0.0627. The van der Waals surface area contributed by atoms with Crippen LogP contribution in [0.1, 0.15) is 213 Å². The highest BCUT2D eigenvalue weighted by Crippen LogP contribution is 2.49. The fourth-order valence-corrected chi connectivity index (χ4v) is 14.2. The lowest BCUT2D eigenvalue weighted by molar-refractivity contribution is -0.213. The molecule has 3 atom stereocenters. The molecule has 6 aromatic carbocycles. The second kappa shape index (κ2) is 33.0. The Hall–Kier alpha value is -8.02. The van der Waals surface area contributed by atoms with Gasteiger partial charge in [0.25, 0.3) is 0 Å². The number of hydrogen-bond donors (Lipinski definition) is 3. The topological polar surface area (TPSA) is 182 Å². The normalized spacial score (nSPS) is 18.9. The van der Waals surface area contributed by atoms with Crippen LogP contribution >= 0.6 is 34.8 Å². The zero-order chi connectivity index (χ0) is 76.7. The minimum Gasteiger partial charge on any atom is -0.478 e. The summed E-state index contributed by atoms with van der Waals surface area (Å²) < 4.78 is 45.1. The minimum atomic E-state index is -4.30. The number of methoxy groups -OCH3 is 1. The van der Waals surface area contributed by atoms with Gasteiger partial charge in [-0.2, -0.15) is 13.2 Å². The molecule has 0 radical (unpaired) electrons. The van der Waals surface area contributed by atoms with Crippen LogP contribution in [0.15, 0.2) is 163 Å². The number of hydrogen-bond acceptors (Lipinski definition) is 7. The van der Waals surface area contributed by atoms with Crippen LogP contribution in [0, 0.1) is 28.1 Å². The maximum Gasteiger partial charge on any atom is 0.393 e. The van der Waals surface area contributed by atoms with Gasteiger partial charge < -0.3 is 20.1 Å². The molecule has 0 bridgehead atoms. The summed E-state index contributed by atoms with van der Waals surface area (Å²) >= 11 is 19.9. The van der Waals surface area contributed by atoms with Gasteiger partial charge in [-0.15, -0.1) is 0 Å².